The first-order chi connectivity index (χ1) is 8.18. The number of hydrogen-bond acceptors (Lipinski definition) is 3. The summed E-state index contributed by atoms with van der Waals surface area (Å²) in [5.41, 5.74) is 2.44. The zero-order valence-corrected chi connectivity index (χ0v) is 11.7. The topological polar surface area (TPSA) is 29.3 Å². The van der Waals surface area contributed by atoms with Crippen LogP contribution in [0.4, 0.5) is 0 Å². The molecule has 2 heterocycles. The standard InChI is InChI=1S/C13H21N3S/c1-10(2)5-4-6-14-9-12-11(3)15-13-16(12)7-8-17-13/h7-8,10,14H,4-6,9H2,1-3H3. The normalized spacial score (nSPS) is 11.8. The van der Waals surface area contributed by atoms with Gasteiger partial charge in [0.05, 0.1) is 11.4 Å². The highest BCUT2D eigenvalue weighted by molar-refractivity contribution is 7.15. The predicted octanol–water partition coefficient (Wildman–Crippen LogP) is 3.23. The van der Waals surface area contributed by atoms with Crippen LogP contribution >= 0.6 is 11.3 Å². The maximum absolute atomic E-state index is 4.54. The van der Waals surface area contributed by atoms with Gasteiger partial charge in [-0.25, -0.2) is 4.98 Å². The van der Waals surface area contributed by atoms with E-state index in [-0.39, 0.29) is 0 Å². The van der Waals surface area contributed by atoms with E-state index in [1.807, 2.05) is 0 Å². The number of hydrogen-bond donors (Lipinski definition) is 1. The summed E-state index contributed by atoms with van der Waals surface area (Å²) in [6.07, 6.45) is 4.65. The fourth-order valence-corrected chi connectivity index (χ4v) is 2.77. The van der Waals surface area contributed by atoms with Crippen LogP contribution in [0.25, 0.3) is 4.96 Å². The Hall–Kier alpha value is -0.870. The maximum Gasteiger partial charge on any atom is 0.194 e. The van der Waals surface area contributed by atoms with Crippen LogP contribution in [0.5, 0.6) is 0 Å². The molecular weight excluding hydrogens is 230 g/mol. The minimum atomic E-state index is 0.803. The molecular formula is C13H21N3S. The van der Waals surface area contributed by atoms with Crippen molar-refractivity contribution >= 4 is 16.3 Å². The van der Waals surface area contributed by atoms with E-state index in [0.717, 1.165) is 29.7 Å². The molecule has 2 aromatic rings. The minimum Gasteiger partial charge on any atom is -0.311 e. The molecule has 2 rings (SSSR count). The second-order valence-corrected chi connectivity index (χ2v) is 5.79. The van der Waals surface area contributed by atoms with E-state index in [1.54, 1.807) is 11.3 Å². The molecule has 1 N–H and O–H groups in total. The Labute approximate surface area is 107 Å². The van der Waals surface area contributed by atoms with Gasteiger partial charge in [0, 0.05) is 18.1 Å². The molecule has 0 spiro atoms. The molecule has 17 heavy (non-hydrogen) atoms. The summed E-state index contributed by atoms with van der Waals surface area (Å²) >= 11 is 1.69. The van der Waals surface area contributed by atoms with Crippen molar-refractivity contribution in [2.75, 3.05) is 6.54 Å². The molecule has 2 aromatic heterocycles. The van der Waals surface area contributed by atoms with E-state index < -0.39 is 0 Å². The first-order valence-corrected chi connectivity index (χ1v) is 7.18. The fraction of sp³-hybridized carbons (Fsp3) is 0.615. The average Bonchev–Trinajstić information content (AvgIpc) is 2.80. The van der Waals surface area contributed by atoms with Gasteiger partial charge in [0.1, 0.15) is 0 Å². The molecule has 0 atom stereocenters. The van der Waals surface area contributed by atoms with Crippen molar-refractivity contribution in [1.29, 1.82) is 0 Å². The summed E-state index contributed by atoms with van der Waals surface area (Å²) in [7, 11) is 0. The van der Waals surface area contributed by atoms with Crippen molar-refractivity contribution in [2.45, 2.75) is 40.2 Å². The summed E-state index contributed by atoms with van der Waals surface area (Å²) in [6, 6.07) is 0. The molecule has 0 unspecified atom stereocenters. The number of nitrogens with zero attached hydrogens (tertiary/aromatic N) is 2. The second kappa shape index (κ2) is 5.65. The Morgan fingerprint density at radius 2 is 2.29 bits per heavy atom. The quantitative estimate of drug-likeness (QED) is 0.799. The third-order valence-corrected chi connectivity index (χ3v) is 3.75. The van der Waals surface area contributed by atoms with Gasteiger partial charge in [0.15, 0.2) is 4.96 Å². The van der Waals surface area contributed by atoms with E-state index in [2.05, 4.69) is 47.0 Å². The minimum absolute atomic E-state index is 0.803. The van der Waals surface area contributed by atoms with E-state index in [4.69, 9.17) is 0 Å². The van der Waals surface area contributed by atoms with Crippen molar-refractivity contribution < 1.29 is 0 Å². The van der Waals surface area contributed by atoms with Crippen LogP contribution in [0.15, 0.2) is 11.6 Å². The van der Waals surface area contributed by atoms with Crippen LogP contribution in [0.1, 0.15) is 38.1 Å². The van der Waals surface area contributed by atoms with Gasteiger partial charge in [-0.1, -0.05) is 13.8 Å². The number of fused-ring (bicyclic) bond motifs is 1. The number of aromatic nitrogens is 2. The van der Waals surface area contributed by atoms with Crippen molar-refractivity contribution in [1.82, 2.24) is 14.7 Å². The highest BCUT2D eigenvalue weighted by Gasteiger charge is 2.08. The molecule has 0 aliphatic carbocycles. The lowest BCUT2D eigenvalue weighted by atomic mass is 10.1. The first-order valence-electron chi connectivity index (χ1n) is 6.30. The Kier molecular flexibility index (Phi) is 4.18. The molecule has 0 fully saturated rings. The summed E-state index contributed by atoms with van der Waals surface area (Å²) < 4.78 is 2.19. The Morgan fingerprint density at radius 3 is 3.06 bits per heavy atom. The Balaban J connectivity index is 1.86. The zero-order valence-electron chi connectivity index (χ0n) is 10.9. The highest BCUT2D eigenvalue weighted by Crippen LogP contribution is 2.16. The van der Waals surface area contributed by atoms with Crippen LogP contribution in [0, 0.1) is 12.8 Å². The van der Waals surface area contributed by atoms with Crippen molar-refractivity contribution in [3.8, 4) is 0 Å². The number of nitrogens with one attached hydrogen (secondary N) is 1. The molecule has 0 bridgehead atoms. The molecule has 0 amide bonds. The fourth-order valence-electron chi connectivity index (χ4n) is 2.00. The number of imidazole rings is 1. The third kappa shape index (κ3) is 3.07. The van der Waals surface area contributed by atoms with Crippen LogP contribution < -0.4 is 5.32 Å². The van der Waals surface area contributed by atoms with Crippen LogP contribution in [-0.4, -0.2) is 15.9 Å². The SMILES string of the molecule is Cc1nc2sccn2c1CNCCCC(C)C. The van der Waals surface area contributed by atoms with Crippen LogP contribution in [-0.2, 0) is 6.54 Å². The molecule has 3 nitrogen and oxygen atoms in total. The maximum atomic E-state index is 4.54. The lowest BCUT2D eigenvalue weighted by molar-refractivity contribution is 0.525. The molecule has 94 valence electrons. The summed E-state index contributed by atoms with van der Waals surface area (Å²) in [5, 5.41) is 5.60. The zero-order chi connectivity index (χ0) is 12.3. The van der Waals surface area contributed by atoms with Gasteiger partial charge in [-0.05, 0) is 32.2 Å². The number of thiazole rings is 1. The average molecular weight is 251 g/mol. The van der Waals surface area contributed by atoms with Gasteiger partial charge in [-0.15, -0.1) is 11.3 Å². The van der Waals surface area contributed by atoms with E-state index >= 15 is 0 Å². The van der Waals surface area contributed by atoms with E-state index in [1.165, 1.54) is 18.5 Å². The molecule has 0 saturated carbocycles. The van der Waals surface area contributed by atoms with Gasteiger partial charge in [0.25, 0.3) is 0 Å². The predicted molar refractivity (Wildman–Crippen MR) is 73.6 cm³/mol. The first kappa shape index (κ1) is 12.6. The molecule has 0 aliphatic heterocycles. The van der Waals surface area contributed by atoms with Crippen molar-refractivity contribution in [3.63, 3.8) is 0 Å². The monoisotopic (exact) mass is 251 g/mol. The molecule has 0 aromatic carbocycles. The third-order valence-electron chi connectivity index (χ3n) is 2.99. The van der Waals surface area contributed by atoms with Crippen LogP contribution in [0.3, 0.4) is 0 Å². The number of rotatable bonds is 6. The Morgan fingerprint density at radius 1 is 1.47 bits per heavy atom. The van der Waals surface area contributed by atoms with Crippen molar-refractivity contribution in [3.05, 3.63) is 23.0 Å². The lowest BCUT2D eigenvalue weighted by Gasteiger charge is -2.06. The highest BCUT2D eigenvalue weighted by atomic mass is 32.1. The van der Waals surface area contributed by atoms with Crippen molar-refractivity contribution in [2.24, 2.45) is 5.92 Å². The lowest BCUT2D eigenvalue weighted by Crippen LogP contribution is -2.16. The Bertz CT molecular complexity index is 470. The van der Waals surface area contributed by atoms with Gasteiger partial charge in [0.2, 0.25) is 0 Å². The molecule has 0 radical (unpaired) electrons. The smallest absolute Gasteiger partial charge is 0.194 e. The molecule has 0 aliphatic rings. The van der Waals surface area contributed by atoms with Gasteiger partial charge in [-0.2, -0.15) is 0 Å². The van der Waals surface area contributed by atoms with E-state index in [0.29, 0.717) is 0 Å². The number of aryl methyl sites for hydroxylation is 1. The summed E-state index contributed by atoms with van der Waals surface area (Å²) in [5.74, 6) is 0.803. The largest absolute Gasteiger partial charge is 0.311 e. The van der Waals surface area contributed by atoms with Gasteiger partial charge >= 0.3 is 0 Å². The van der Waals surface area contributed by atoms with Crippen LogP contribution in [0.2, 0.25) is 0 Å². The van der Waals surface area contributed by atoms with E-state index in [9.17, 15) is 0 Å². The molecule has 4 heteroatoms. The second-order valence-electron chi connectivity index (χ2n) is 4.91. The van der Waals surface area contributed by atoms with Gasteiger partial charge < -0.3 is 5.32 Å². The molecule has 0 saturated heterocycles. The summed E-state index contributed by atoms with van der Waals surface area (Å²) in [6.45, 7) is 8.65. The summed E-state index contributed by atoms with van der Waals surface area (Å²) in [4.78, 5) is 5.64. The van der Waals surface area contributed by atoms with Gasteiger partial charge in [-0.3, -0.25) is 4.40 Å².